The minimum atomic E-state index is 0.445. The normalized spacial score (nSPS) is 12.1. The lowest BCUT2D eigenvalue weighted by Gasteiger charge is -2.09. The number of rotatable bonds is 5. The van der Waals surface area contributed by atoms with Crippen LogP contribution in [0.5, 0.6) is 0 Å². The lowest BCUT2D eigenvalue weighted by Crippen LogP contribution is -1.90. The summed E-state index contributed by atoms with van der Waals surface area (Å²) >= 11 is 0. The molecule has 4 aromatic carbocycles. The van der Waals surface area contributed by atoms with Gasteiger partial charge in [0.2, 0.25) is 0 Å². The van der Waals surface area contributed by atoms with E-state index in [9.17, 15) is 0 Å². The van der Waals surface area contributed by atoms with Crippen molar-refractivity contribution in [2.24, 2.45) is 0 Å². The second-order valence-corrected chi connectivity index (χ2v) is 13.4. The molecule has 5 heterocycles. The highest BCUT2D eigenvalue weighted by Crippen LogP contribution is 2.38. The summed E-state index contributed by atoms with van der Waals surface area (Å²) in [6.45, 7) is 4.46. The average molecular weight is 657 g/mol. The molecule has 0 aliphatic carbocycles. The summed E-state index contributed by atoms with van der Waals surface area (Å²) in [7, 11) is 0. The number of hydrogen-bond donors (Lipinski definition) is 2. The molecule has 0 amide bonds. The molecule has 4 nitrogen and oxygen atoms in total. The molecule has 3 aromatic heterocycles. The number of aromatic nitrogens is 4. The van der Waals surface area contributed by atoms with E-state index in [-0.39, 0.29) is 0 Å². The molecule has 8 bridgehead atoms. The Bertz CT molecular complexity index is 2590. The van der Waals surface area contributed by atoms with Gasteiger partial charge in [-0.25, -0.2) is 9.97 Å². The molecule has 2 N–H and O–H groups in total. The van der Waals surface area contributed by atoms with Gasteiger partial charge in [-0.05, 0) is 82.3 Å². The van der Waals surface area contributed by atoms with E-state index in [0.717, 1.165) is 89.4 Å². The van der Waals surface area contributed by atoms with Gasteiger partial charge in [-0.2, -0.15) is 0 Å². The number of nitrogens with zero attached hydrogens (tertiary/aromatic N) is 2. The van der Waals surface area contributed by atoms with Gasteiger partial charge >= 0.3 is 0 Å². The van der Waals surface area contributed by atoms with Crippen LogP contribution in [0.1, 0.15) is 48.1 Å². The molecule has 4 heteroatoms. The van der Waals surface area contributed by atoms with E-state index in [0.29, 0.717) is 5.92 Å². The third kappa shape index (κ3) is 5.61. The molecule has 2 aliphatic heterocycles. The minimum absolute atomic E-state index is 0.445. The smallest absolute Gasteiger partial charge is 0.0737 e. The van der Waals surface area contributed by atoms with Gasteiger partial charge in [0, 0.05) is 44.3 Å². The van der Waals surface area contributed by atoms with Crippen LogP contribution in [0, 0.1) is 0 Å². The zero-order chi connectivity index (χ0) is 34.3. The number of fused-ring (bicyclic) bond motifs is 8. The Morgan fingerprint density at radius 3 is 0.941 bits per heavy atom. The predicted molar refractivity (Wildman–Crippen MR) is 215 cm³/mol. The SMILES string of the molecule is CC(C)c1ccc(-c2c3nc(c(-c4ccccc4)c4ccc([nH]4)c(-c4ccccc4)c4nc(c(-c5ccccc5)c5ccc2[nH]5)C=C4)C=C3)cc1. The first kappa shape index (κ1) is 30.5. The van der Waals surface area contributed by atoms with Crippen molar-refractivity contribution < 1.29 is 0 Å². The Kier molecular flexibility index (Phi) is 7.63. The average Bonchev–Trinajstić information content (AvgIpc) is 4.01. The first-order valence-corrected chi connectivity index (χ1v) is 17.5. The molecular formula is C47H36N4. The molecule has 9 rings (SSSR count). The summed E-state index contributed by atoms with van der Waals surface area (Å²) in [5.74, 6) is 0.445. The summed E-state index contributed by atoms with van der Waals surface area (Å²) in [6.07, 6.45) is 8.59. The van der Waals surface area contributed by atoms with Crippen LogP contribution < -0.4 is 0 Å². The Labute approximate surface area is 297 Å². The van der Waals surface area contributed by atoms with Gasteiger partial charge in [-0.3, -0.25) is 0 Å². The first-order valence-electron chi connectivity index (χ1n) is 17.5. The molecule has 0 unspecified atom stereocenters. The fraction of sp³-hybridized carbons (Fsp3) is 0.0638. The van der Waals surface area contributed by atoms with E-state index in [1.54, 1.807) is 0 Å². The van der Waals surface area contributed by atoms with Crippen molar-refractivity contribution >= 4 is 46.4 Å². The van der Waals surface area contributed by atoms with Crippen molar-refractivity contribution in [1.82, 2.24) is 19.9 Å². The molecule has 0 radical (unpaired) electrons. The zero-order valence-electron chi connectivity index (χ0n) is 28.6. The molecule has 0 saturated carbocycles. The lowest BCUT2D eigenvalue weighted by atomic mass is 9.98. The van der Waals surface area contributed by atoms with Gasteiger partial charge in [0.25, 0.3) is 0 Å². The second-order valence-electron chi connectivity index (χ2n) is 13.4. The lowest BCUT2D eigenvalue weighted by molar-refractivity contribution is 0.867. The van der Waals surface area contributed by atoms with E-state index in [2.05, 4.69) is 188 Å². The molecule has 0 atom stereocenters. The summed E-state index contributed by atoms with van der Waals surface area (Å²) in [5, 5.41) is 0. The largest absolute Gasteiger partial charge is 0.354 e. The van der Waals surface area contributed by atoms with Crippen LogP contribution in [-0.2, 0) is 0 Å². The molecule has 51 heavy (non-hydrogen) atoms. The fourth-order valence-electron chi connectivity index (χ4n) is 7.27. The van der Waals surface area contributed by atoms with Crippen LogP contribution in [0.25, 0.3) is 90.9 Å². The number of nitrogens with one attached hydrogen (secondary N) is 2. The zero-order valence-corrected chi connectivity index (χ0v) is 28.6. The first-order chi connectivity index (χ1) is 25.1. The van der Waals surface area contributed by atoms with Crippen LogP contribution in [0.15, 0.2) is 140 Å². The van der Waals surface area contributed by atoms with Crippen molar-refractivity contribution in [2.45, 2.75) is 19.8 Å². The summed E-state index contributed by atoms with van der Waals surface area (Å²) in [5.41, 5.74) is 17.5. The second kappa shape index (κ2) is 12.7. The molecule has 0 spiro atoms. The third-order valence-electron chi connectivity index (χ3n) is 9.81. The van der Waals surface area contributed by atoms with Crippen molar-refractivity contribution in [3.63, 3.8) is 0 Å². The highest BCUT2D eigenvalue weighted by Gasteiger charge is 2.19. The maximum absolute atomic E-state index is 5.41. The minimum Gasteiger partial charge on any atom is -0.354 e. The van der Waals surface area contributed by atoms with Gasteiger partial charge < -0.3 is 9.97 Å². The Balaban J connectivity index is 1.46. The van der Waals surface area contributed by atoms with Crippen LogP contribution in [0.4, 0.5) is 0 Å². The molecule has 0 fully saturated rings. The van der Waals surface area contributed by atoms with Gasteiger partial charge in [0.05, 0.1) is 22.8 Å². The van der Waals surface area contributed by atoms with Crippen molar-refractivity contribution in [3.8, 4) is 44.5 Å². The summed E-state index contributed by atoms with van der Waals surface area (Å²) < 4.78 is 0. The van der Waals surface area contributed by atoms with Crippen LogP contribution >= 0.6 is 0 Å². The third-order valence-corrected chi connectivity index (χ3v) is 9.81. The molecule has 2 aliphatic rings. The molecule has 0 saturated heterocycles. The maximum Gasteiger partial charge on any atom is 0.0737 e. The Morgan fingerprint density at radius 1 is 0.353 bits per heavy atom. The number of aromatic amines is 2. The van der Waals surface area contributed by atoms with Crippen LogP contribution in [0.3, 0.4) is 0 Å². The maximum atomic E-state index is 5.41. The van der Waals surface area contributed by atoms with Gasteiger partial charge in [0.1, 0.15) is 0 Å². The molecular weight excluding hydrogens is 621 g/mol. The van der Waals surface area contributed by atoms with Gasteiger partial charge in [-0.15, -0.1) is 0 Å². The topological polar surface area (TPSA) is 57.4 Å². The standard InChI is InChI=1S/C47H36N4/c1-30(2)31-18-20-35(21-19-31)47-42-28-26-40(50-42)45(33-14-8-4-9-15-33)38-24-22-36(48-38)44(32-12-6-3-7-13-32)37-23-25-39(49-37)46(34-16-10-5-11-17-34)41-27-29-43(47)51-41/h3-30,48,51H,1-2H3. The fourth-order valence-corrected chi connectivity index (χ4v) is 7.27. The highest BCUT2D eigenvalue weighted by molar-refractivity contribution is 5.99. The molecule has 244 valence electrons. The molecule has 7 aromatic rings. The van der Waals surface area contributed by atoms with E-state index < -0.39 is 0 Å². The van der Waals surface area contributed by atoms with E-state index in [1.807, 2.05) is 0 Å². The van der Waals surface area contributed by atoms with Crippen molar-refractivity contribution in [3.05, 3.63) is 168 Å². The quantitative estimate of drug-likeness (QED) is 0.194. The van der Waals surface area contributed by atoms with Gasteiger partial charge in [-0.1, -0.05) is 129 Å². The van der Waals surface area contributed by atoms with Crippen LogP contribution in [-0.4, -0.2) is 19.9 Å². The van der Waals surface area contributed by atoms with E-state index >= 15 is 0 Å². The number of hydrogen-bond acceptors (Lipinski definition) is 2. The Hall–Kier alpha value is -6.52. The highest BCUT2D eigenvalue weighted by atomic mass is 14.8. The monoisotopic (exact) mass is 656 g/mol. The van der Waals surface area contributed by atoms with Gasteiger partial charge in [0.15, 0.2) is 0 Å². The van der Waals surface area contributed by atoms with E-state index in [1.165, 1.54) is 5.56 Å². The van der Waals surface area contributed by atoms with Crippen molar-refractivity contribution in [2.75, 3.05) is 0 Å². The van der Waals surface area contributed by atoms with Crippen LogP contribution in [0.2, 0.25) is 0 Å². The predicted octanol–water partition coefficient (Wildman–Crippen LogP) is 12.4. The number of benzene rings is 4. The summed E-state index contributed by atoms with van der Waals surface area (Å²) in [4.78, 5) is 18.4. The number of H-pyrrole nitrogens is 2. The van der Waals surface area contributed by atoms with Crippen molar-refractivity contribution in [1.29, 1.82) is 0 Å². The Morgan fingerprint density at radius 2 is 0.647 bits per heavy atom. The summed E-state index contributed by atoms with van der Waals surface area (Å²) in [6, 6.07) is 49.2. The van der Waals surface area contributed by atoms with E-state index in [4.69, 9.17) is 9.97 Å².